The van der Waals surface area contributed by atoms with E-state index in [-0.39, 0.29) is 5.97 Å². The van der Waals surface area contributed by atoms with Crippen LogP contribution in [0.5, 0.6) is 0 Å². The highest BCUT2D eigenvalue weighted by Crippen LogP contribution is 2.20. The van der Waals surface area contributed by atoms with Crippen LogP contribution < -0.4 is 5.32 Å². The van der Waals surface area contributed by atoms with Crippen molar-refractivity contribution < 1.29 is 14.3 Å². The first-order chi connectivity index (χ1) is 6.75. The van der Waals surface area contributed by atoms with E-state index in [9.17, 15) is 4.79 Å². The molecule has 0 amide bonds. The van der Waals surface area contributed by atoms with E-state index in [1.807, 2.05) is 0 Å². The van der Waals surface area contributed by atoms with E-state index in [2.05, 4.69) is 11.9 Å². The minimum atomic E-state index is -0.851. The number of carbonyl (C=O) groups excluding carboxylic acids is 1. The van der Waals surface area contributed by atoms with Gasteiger partial charge in [0.1, 0.15) is 0 Å². The van der Waals surface area contributed by atoms with Gasteiger partial charge in [-0.15, -0.1) is 6.58 Å². The third-order valence-electron chi connectivity index (χ3n) is 2.19. The van der Waals surface area contributed by atoms with E-state index in [0.29, 0.717) is 26.2 Å². The van der Waals surface area contributed by atoms with Gasteiger partial charge in [0.15, 0.2) is 5.60 Å². The lowest BCUT2D eigenvalue weighted by atomic mass is 9.98. The molecule has 0 aromatic rings. The van der Waals surface area contributed by atoms with Crippen LogP contribution in [0.3, 0.4) is 0 Å². The zero-order valence-corrected chi connectivity index (χ0v) is 8.54. The zero-order valence-electron chi connectivity index (χ0n) is 8.54. The summed E-state index contributed by atoms with van der Waals surface area (Å²) in [5.41, 5.74) is -0.851. The SMILES string of the molecule is C=CCC1(C(=O)OCC)CNCCO1. The molecule has 0 aromatic heterocycles. The summed E-state index contributed by atoms with van der Waals surface area (Å²) >= 11 is 0. The Labute approximate surface area is 84.3 Å². The molecule has 1 atom stereocenters. The average molecular weight is 199 g/mol. The van der Waals surface area contributed by atoms with Gasteiger partial charge in [0.05, 0.1) is 13.2 Å². The third-order valence-corrected chi connectivity index (χ3v) is 2.19. The number of nitrogens with one attached hydrogen (secondary N) is 1. The maximum absolute atomic E-state index is 11.7. The van der Waals surface area contributed by atoms with Crippen molar-refractivity contribution in [3.8, 4) is 0 Å². The fourth-order valence-corrected chi connectivity index (χ4v) is 1.50. The predicted octanol–water partition coefficient (Wildman–Crippen LogP) is 0.484. The number of hydrogen-bond acceptors (Lipinski definition) is 4. The van der Waals surface area contributed by atoms with Crippen molar-refractivity contribution in [1.82, 2.24) is 5.32 Å². The number of morpholine rings is 1. The second-order valence-corrected chi connectivity index (χ2v) is 3.23. The Morgan fingerprint density at radius 3 is 3.07 bits per heavy atom. The largest absolute Gasteiger partial charge is 0.464 e. The van der Waals surface area contributed by atoms with Gasteiger partial charge in [-0.1, -0.05) is 6.08 Å². The Bertz CT molecular complexity index is 209. The topological polar surface area (TPSA) is 47.6 Å². The summed E-state index contributed by atoms with van der Waals surface area (Å²) < 4.78 is 10.5. The second-order valence-electron chi connectivity index (χ2n) is 3.23. The summed E-state index contributed by atoms with van der Waals surface area (Å²) in [5.74, 6) is -0.299. The van der Waals surface area contributed by atoms with Crippen LogP contribution in [0, 0.1) is 0 Å². The van der Waals surface area contributed by atoms with Crippen molar-refractivity contribution in [2.75, 3.05) is 26.3 Å². The molecule has 1 aliphatic rings. The van der Waals surface area contributed by atoms with E-state index in [4.69, 9.17) is 9.47 Å². The molecular weight excluding hydrogens is 182 g/mol. The number of carbonyl (C=O) groups is 1. The van der Waals surface area contributed by atoms with Gasteiger partial charge >= 0.3 is 5.97 Å². The molecule has 0 saturated carbocycles. The van der Waals surface area contributed by atoms with Crippen molar-refractivity contribution >= 4 is 5.97 Å². The molecule has 0 radical (unpaired) electrons. The number of esters is 1. The van der Waals surface area contributed by atoms with Gasteiger partial charge in [0.25, 0.3) is 0 Å². The van der Waals surface area contributed by atoms with Crippen molar-refractivity contribution in [3.05, 3.63) is 12.7 Å². The molecule has 1 N–H and O–H groups in total. The molecule has 1 saturated heterocycles. The van der Waals surface area contributed by atoms with Gasteiger partial charge in [-0.05, 0) is 6.92 Å². The van der Waals surface area contributed by atoms with Crippen LogP contribution in [-0.4, -0.2) is 37.9 Å². The van der Waals surface area contributed by atoms with Crippen LogP contribution in [0.1, 0.15) is 13.3 Å². The lowest BCUT2D eigenvalue weighted by Gasteiger charge is -2.34. The molecule has 1 aliphatic heterocycles. The van der Waals surface area contributed by atoms with Crippen molar-refractivity contribution in [1.29, 1.82) is 0 Å². The molecule has 4 nitrogen and oxygen atoms in total. The smallest absolute Gasteiger partial charge is 0.340 e. The minimum absolute atomic E-state index is 0.299. The number of ether oxygens (including phenoxy) is 2. The van der Waals surface area contributed by atoms with Gasteiger partial charge in [-0.25, -0.2) is 4.79 Å². The van der Waals surface area contributed by atoms with E-state index in [0.717, 1.165) is 6.54 Å². The van der Waals surface area contributed by atoms with E-state index < -0.39 is 5.60 Å². The fraction of sp³-hybridized carbons (Fsp3) is 0.700. The fourth-order valence-electron chi connectivity index (χ4n) is 1.50. The first kappa shape index (κ1) is 11.2. The van der Waals surface area contributed by atoms with Crippen LogP contribution in [0.2, 0.25) is 0 Å². The Morgan fingerprint density at radius 2 is 2.57 bits per heavy atom. The average Bonchev–Trinajstić information content (AvgIpc) is 2.20. The van der Waals surface area contributed by atoms with Gasteiger partial charge < -0.3 is 14.8 Å². The third kappa shape index (κ3) is 2.33. The quantitative estimate of drug-likeness (QED) is 0.528. The summed E-state index contributed by atoms with van der Waals surface area (Å²) in [6.45, 7) is 7.60. The molecule has 1 unspecified atom stereocenters. The van der Waals surface area contributed by atoms with Crippen molar-refractivity contribution in [2.24, 2.45) is 0 Å². The zero-order chi connectivity index (χ0) is 10.4. The summed E-state index contributed by atoms with van der Waals surface area (Å²) in [6.07, 6.45) is 2.17. The maximum Gasteiger partial charge on any atom is 0.340 e. The highest BCUT2D eigenvalue weighted by atomic mass is 16.6. The van der Waals surface area contributed by atoms with Crippen LogP contribution >= 0.6 is 0 Å². The minimum Gasteiger partial charge on any atom is -0.464 e. The molecule has 0 aromatic carbocycles. The van der Waals surface area contributed by atoms with E-state index >= 15 is 0 Å². The van der Waals surface area contributed by atoms with Crippen molar-refractivity contribution in [2.45, 2.75) is 18.9 Å². The molecule has 0 spiro atoms. The molecule has 1 rings (SSSR count). The highest BCUT2D eigenvalue weighted by molar-refractivity contribution is 5.80. The lowest BCUT2D eigenvalue weighted by molar-refractivity contribution is -0.175. The highest BCUT2D eigenvalue weighted by Gasteiger charge is 2.41. The van der Waals surface area contributed by atoms with Crippen LogP contribution in [0.15, 0.2) is 12.7 Å². The molecule has 4 heteroatoms. The van der Waals surface area contributed by atoms with E-state index in [1.54, 1.807) is 13.0 Å². The standard InChI is InChI=1S/C10H17NO3/c1-3-5-10(9(12)13-4-2)8-11-6-7-14-10/h3,11H,1,4-8H2,2H3. The van der Waals surface area contributed by atoms with Crippen LogP contribution in [0.4, 0.5) is 0 Å². The van der Waals surface area contributed by atoms with Crippen molar-refractivity contribution in [3.63, 3.8) is 0 Å². The first-order valence-corrected chi connectivity index (χ1v) is 4.88. The van der Waals surface area contributed by atoms with Gasteiger partial charge in [0, 0.05) is 19.5 Å². The lowest BCUT2D eigenvalue weighted by Crippen LogP contribution is -2.55. The predicted molar refractivity (Wildman–Crippen MR) is 53.0 cm³/mol. The van der Waals surface area contributed by atoms with Gasteiger partial charge in [-0.3, -0.25) is 0 Å². The maximum atomic E-state index is 11.7. The summed E-state index contributed by atoms with van der Waals surface area (Å²) in [6, 6.07) is 0. The van der Waals surface area contributed by atoms with E-state index in [1.165, 1.54) is 0 Å². The normalized spacial score (nSPS) is 26.9. The molecule has 0 bridgehead atoms. The van der Waals surface area contributed by atoms with Gasteiger partial charge in [-0.2, -0.15) is 0 Å². The monoisotopic (exact) mass is 199 g/mol. The Balaban J connectivity index is 2.68. The molecule has 1 heterocycles. The summed E-state index contributed by atoms with van der Waals surface area (Å²) in [7, 11) is 0. The second kappa shape index (κ2) is 5.12. The van der Waals surface area contributed by atoms with Crippen LogP contribution in [0.25, 0.3) is 0 Å². The Morgan fingerprint density at radius 1 is 1.79 bits per heavy atom. The van der Waals surface area contributed by atoms with Gasteiger partial charge in [0.2, 0.25) is 0 Å². The summed E-state index contributed by atoms with van der Waals surface area (Å²) in [4.78, 5) is 11.7. The Kier molecular flexibility index (Phi) is 4.10. The molecule has 1 fully saturated rings. The van der Waals surface area contributed by atoms with Crippen LogP contribution in [-0.2, 0) is 14.3 Å². The number of hydrogen-bond donors (Lipinski definition) is 1. The summed E-state index contributed by atoms with van der Waals surface area (Å²) in [5, 5.41) is 3.13. The molecule has 80 valence electrons. The molecule has 0 aliphatic carbocycles. The first-order valence-electron chi connectivity index (χ1n) is 4.88. The molecular formula is C10H17NO3. The number of rotatable bonds is 4. The Hall–Kier alpha value is -0.870. The molecule has 14 heavy (non-hydrogen) atoms.